The van der Waals surface area contributed by atoms with E-state index in [0.717, 1.165) is 5.56 Å². The number of ether oxygens (including phenoxy) is 1. The highest BCUT2D eigenvalue weighted by Gasteiger charge is 2.16. The first kappa shape index (κ1) is 17.5. The Morgan fingerprint density at radius 1 is 1.00 bits per heavy atom. The van der Waals surface area contributed by atoms with Crippen LogP contribution in [0, 0.1) is 0 Å². The number of hydrogen-bond donors (Lipinski definition) is 3. The Balaban J connectivity index is 2.42. The minimum absolute atomic E-state index is 0.0945. The van der Waals surface area contributed by atoms with Crippen LogP contribution in [0.15, 0.2) is 30.3 Å². The van der Waals surface area contributed by atoms with Gasteiger partial charge in [0, 0.05) is 18.9 Å². The van der Waals surface area contributed by atoms with Crippen LogP contribution in [0.5, 0.6) is 0 Å². The van der Waals surface area contributed by atoms with E-state index < -0.39 is 24.1 Å². The van der Waals surface area contributed by atoms with Crippen LogP contribution in [-0.2, 0) is 20.9 Å². The highest BCUT2D eigenvalue weighted by molar-refractivity contribution is 5.69. The molecule has 0 fully saturated rings. The molecular weight excluding hydrogens is 290 g/mol. The van der Waals surface area contributed by atoms with Crippen molar-refractivity contribution in [2.24, 2.45) is 0 Å². The molecule has 0 aliphatic rings. The Labute approximate surface area is 127 Å². The van der Waals surface area contributed by atoms with Gasteiger partial charge in [0.2, 0.25) is 0 Å². The molecule has 3 N–H and O–H groups in total. The number of benzene rings is 1. The van der Waals surface area contributed by atoms with Crippen LogP contribution in [0.25, 0.3) is 0 Å². The SMILES string of the molecule is O=C(O)CCC(CCC(=O)O)NC(=O)OCc1ccccc1. The van der Waals surface area contributed by atoms with Crippen molar-refractivity contribution in [1.82, 2.24) is 5.32 Å². The molecule has 0 bridgehead atoms. The maximum atomic E-state index is 11.7. The van der Waals surface area contributed by atoms with Gasteiger partial charge in [-0.25, -0.2) is 4.79 Å². The van der Waals surface area contributed by atoms with E-state index in [9.17, 15) is 14.4 Å². The molecule has 0 radical (unpaired) electrons. The Morgan fingerprint density at radius 3 is 2.05 bits per heavy atom. The second-order valence-corrected chi connectivity index (χ2v) is 4.77. The molecule has 7 heteroatoms. The summed E-state index contributed by atoms with van der Waals surface area (Å²) in [5.41, 5.74) is 0.824. The quantitative estimate of drug-likeness (QED) is 0.643. The van der Waals surface area contributed by atoms with Crippen LogP contribution in [0.1, 0.15) is 31.2 Å². The maximum Gasteiger partial charge on any atom is 0.407 e. The third-order valence-electron chi connectivity index (χ3n) is 2.95. The topological polar surface area (TPSA) is 113 Å². The lowest BCUT2D eigenvalue weighted by molar-refractivity contribution is -0.137. The summed E-state index contributed by atoms with van der Waals surface area (Å²) < 4.78 is 5.03. The molecule has 0 unspecified atom stereocenters. The number of rotatable bonds is 9. The number of carbonyl (C=O) groups is 3. The van der Waals surface area contributed by atoms with E-state index in [-0.39, 0.29) is 32.3 Å². The Bertz CT molecular complexity index is 484. The van der Waals surface area contributed by atoms with E-state index in [1.165, 1.54) is 0 Å². The number of carboxylic acids is 2. The lowest BCUT2D eigenvalue weighted by atomic mass is 10.1. The van der Waals surface area contributed by atoms with Crippen LogP contribution in [0.3, 0.4) is 0 Å². The van der Waals surface area contributed by atoms with Gasteiger partial charge in [-0.15, -0.1) is 0 Å². The standard InChI is InChI=1S/C15H19NO6/c17-13(18)8-6-12(7-9-14(19)20)16-15(21)22-10-11-4-2-1-3-5-11/h1-5,12H,6-10H2,(H,16,21)(H,17,18)(H,19,20). The number of amides is 1. The molecule has 1 rings (SSSR count). The van der Waals surface area contributed by atoms with E-state index in [0.29, 0.717) is 0 Å². The van der Waals surface area contributed by atoms with Gasteiger partial charge in [-0.2, -0.15) is 0 Å². The van der Waals surface area contributed by atoms with Gasteiger partial charge >= 0.3 is 18.0 Å². The van der Waals surface area contributed by atoms with E-state index >= 15 is 0 Å². The van der Waals surface area contributed by atoms with Gasteiger partial charge in [0.1, 0.15) is 6.61 Å². The van der Waals surface area contributed by atoms with E-state index in [4.69, 9.17) is 14.9 Å². The predicted octanol–water partition coefficient (Wildman–Crippen LogP) is 2.01. The molecule has 1 amide bonds. The molecule has 1 aromatic carbocycles. The molecule has 0 aromatic heterocycles. The van der Waals surface area contributed by atoms with Crippen molar-refractivity contribution in [1.29, 1.82) is 0 Å². The number of alkyl carbamates (subject to hydrolysis) is 1. The molecule has 0 saturated carbocycles. The molecule has 0 saturated heterocycles. The van der Waals surface area contributed by atoms with Crippen LogP contribution in [0.4, 0.5) is 4.79 Å². The second-order valence-electron chi connectivity index (χ2n) is 4.77. The number of nitrogens with one attached hydrogen (secondary N) is 1. The number of carbonyl (C=O) groups excluding carboxylic acids is 1. The maximum absolute atomic E-state index is 11.7. The van der Waals surface area contributed by atoms with Gasteiger partial charge in [-0.3, -0.25) is 9.59 Å². The van der Waals surface area contributed by atoms with Crippen molar-refractivity contribution in [3.63, 3.8) is 0 Å². The largest absolute Gasteiger partial charge is 0.481 e. The minimum atomic E-state index is -1.00. The number of carboxylic acid groups (broad SMARTS) is 2. The highest BCUT2D eigenvalue weighted by Crippen LogP contribution is 2.07. The number of hydrogen-bond acceptors (Lipinski definition) is 4. The Morgan fingerprint density at radius 2 is 1.55 bits per heavy atom. The average Bonchev–Trinajstić information content (AvgIpc) is 2.48. The van der Waals surface area contributed by atoms with Gasteiger partial charge in [-0.1, -0.05) is 30.3 Å². The molecule has 22 heavy (non-hydrogen) atoms. The summed E-state index contributed by atoms with van der Waals surface area (Å²) in [4.78, 5) is 32.8. The molecule has 0 heterocycles. The highest BCUT2D eigenvalue weighted by atomic mass is 16.5. The van der Waals surface area contributed by atoms with Crippen LogP contribution < -0.4 is 5.32 Å². The van der Waals surface area contributed by atoms with Crippen molar-refractivity contribution in [2.75, 3.05) is 0 Å². The van der Waals surface area contributed by atoms with Crippen molar-refractivity contribution >= 4 is 18.0 Å². The summed E-state index contributed by atoms with van der Waals surface area (Å²) in [6.45, 7) is 0.0945. The molecule has 1 aromatic rings. The Kier molecular flexibility index (Phi) is 7.45. The van der Waals surface area contributed by atoms with Crippen molar-refractivity contribution in [3.8, 4) is 0 Å². The first-order valence-corrected chi connectivity index (χ1v) is 6.88. The summed E-state index contributed by atoms with van der Waals surface area (Å²) in [6.07, 6.45) is -0.678. The zero-order valence-electron chi connectivity index (χ0n) is 12.0. The average molecular weight is 309 g/mol. The number of aliphatic carboxylic acids is 2. The van der Waals surface area contributed by atoms with Gasteiger partial charge in [0.05, 0.1) is 0 Å². The van der Waals surface area contributed by atoms with Crippen molar-refractivity contribution in [2.45, 2.75) is 38.3 Å². The lowest BCUT2D eigenvalue weighted by Gasteiger charge is -2.17. The first-order chi connectivity index (χ1) is 10.5. The molecular formula is C15H19NO6. The summed E-state index contributed by atoms with van der Waals surface area (Å²) in [7, 11) is 0. The van der Waals surface area contributed by atoms with Crippen LogP contribution in [0.2, 0.25) is 0 Å². The van der Waals surface area contributed by atoms with Crippen LogP contribution >= 0.6 is 0 Å². The van der Waals surface area contributed by atoms with Gasteiger partial charge < -0.3 is 20.3 Å². The molecule has 0 aliphatic carbocycles. The molecule has 0 aliphatic heterocycles. The van der Waals surface area contributed by atoms with Crippen molar-refractivity contribution in [3.05, 3.63) is 35.9 Å². The predicted molar refractivity (Wildman–Crippen MR) is 77.3 cm³/mol. The zero-order chi connectivity index (χ0) is 16.4. The van der Waals surface area contributed by atoms with E-state index in [2.05, 4.69) is 5.32 Å². The molecule has 0 spiro atoms. The lowest BCUT2D eigenvalue weighted by Crippen LogP contribution is -2.36. The monoisotopic (exact) mass is 309 g/mol. The van der Waals surface area contributed by atoms with Crippen molar-refractivity contribution < 1.29 is 29.3 Å². The van der Waals surface area contributed by atoms with Crippen LogP contribution in [-0.4, -0.2) is 34.3 Å². The third kappa shape index (κ3) is 7.88. The molecule has 7 nitrogen and oxygen atoms in total. The summed E-state index contributed by atoms with van der Waals surface area (Å²) in [5, 5.41) is 19.8. The summed E-state index contributed by atoms with van der Waals surface area (Å²) in [6, 6.07) is 8.55. The summed E-state index contributed by atoms with van der Waals surface area (Å²) in [5.74, 6) is -2.00. The molecule has 0 atom stereocenters. The Hall–Kier alpha value is -2.57. The third-order valence-corrected chi connectivity index (χ3v) is 2.95. The minimum Gasteiger partial charge on any atom is -0.481 e. The summed E-state index contributed by atoms with van der Waals surface area (Å²) >= 11 is 0. The van der Waals surface area contributed by atoms with Gasteiger partial charge in [0.15, 0.2) is 0 Å². The van der Waals surface area contributed by atoms with E-state index in [1.54, 1.807) is 12.1 Å². The fourth-order valence-electron chi connectivity index (χ4n) is 1.82. The second kappa shape index (κ2) is 9.38. The van der Waals surface area contributed by atoms with E-state index in [1.807, 2.05) is 18.2 Å². The van der Waals surface area contributed by atoms with Gasteiger partial charge in [0.25, 0.3) is 0 Å². The molecule has 120 valence electrons. The zero-order valence-corrected chi connectivity index (χ0v) is 12.0. The fraction of sp³-hybridized carbons (Fsp3) is 0.400. The fourth-order valence-corrected chi connectivity index (χ4v) is 1.82. The normalized spacial score (nSPS) is 10.2. The van der Waals surface area contributed by atoms with Gasteiger partial charge in [-0.05, 0) is 18.4 Å². The first-order valence-electron chi connectivity index (χ1n) is 6.88. The smallest absolute Gasteiger partial charge is 0.407 e.